The van der Waals surface area contributed by atoms with E-state index in [0.717, 1.165) is 9.14 Å². The summed E-state index contributed by atoms with van der Waals surface area (Å²) in [7, 11) is 0. The average Bonchev–Trinajstić information content (AvgIpc) is 2.44. The maximum absolute atomic E-state index is 11.8. The van der Waals surface area contributed by atoms with Gasteiger partial charge in [-0.3, -0.25) is 0 Å². The molecule has 0 aliphatic carbocycles. The number of benzene rings is 1. The molecule has 0 aromatic heterocycles. The lowest BCUT2D eigenvalue weighted by Crippen LogP contribution is -2.43. The zero-order chi connectivity index (χ0) is 17.6. The molecular weight excluding hydrogens is 477 g/mol. The second kappa shape index (κ2) is 8.68. The van der Waals surface area contributed by atoms with Crippen LogP contribution in [0.15, 0.2) is 34.8 Å². The highest BCUT2D eigenvalue weighted by molar-refractivity contribution is 14.1. The van der Waals surface area contributed by atoms with Gasteiger partial charge in [0.2, 0.25) is 0 Å². The largest absolute Gasteiger partial charge is 0.480 e. The first-order valence-electron chi connectivity index (χ1n) is 6.92. The first-order valence-corrected chi connectivity index (χ1v) is 8.79. The van der Waals surface area contributed by atoms with Crippen molar-refractivity contribution in [3.05, 3.63) is 40.4 Å². The van der Waals surface area contributed by atoms with Crippen LogP contribution in [0.5, 0.6) is 0 Å². The Morgan fingerprint density at radius 3 is 2.35 bits per heavy atom. The van der Waals surface area contributed by atoms with Crippen LogP contribution in [0.3, 0.4) is 0 Å². The summed E-state index contributed by atoms with van der Waals surface area (Å²) in [4.78, 5) is 23.1. The van der Waals surface area contributed by atoms with Gasteiger partial charge in [-0.05, 0) is 48.9 Å². The molecule has 1 atom stereocenters. The Morgan fingerprint density at radius 1 is 1.30 bits per heavy atom. The lowest BCUT2D eigenvalue weighted by atomic mass is 10.1. The Bertz CT molecular complexity index is 596. The fraction of sp³-hybridized carbons (Fsp3) is 0.375. The smallest absolute Gasteiger partial charge is 0.408 e. The molecule has 1 aromatic carbocycles. The molecule has 0 saturated heterocycles. The van der Waals surface area contributed by atoms with Crippen molar-refractivity contribution < 1.29 is 19.4 Å². The molecule has 0 radical (unpaired) electrons. The van der Waals surface area contributed by atoms with Crippen LogP contribution >= 0.6 is 38.5 Å². The van der Waals surface area contributed by atoms with Crippen LogP contribution in [0.1, 0.15) is 32.8 Å². The van der Waals surface area contributed by atoms with Gasteiger partial charge in [0.05, 0.1) is 0 Å². The van der Waals surface area contributed by atoms with Crippen LogP contribution < -0.4 is 5.32 Å². The summed E-state index contributed by atoms with van der Waals surface area (Å²) < 4.78 is 6.69. The van der Waals surface area contributed by atoms with Crippen molar-refractivity contribution in [2.45, 2.75) is 38.8 Å². The predicted molar refractivity (Wildman–Crippen MR) is 102 cm³/mol. The first kappa shape index (κ1) is 20.0. The molecule has 1 rings (SSSR count). The Labute approximate surface area is 157 Å². The fourth-order valence-corrected chi connectivity index (χ4v) is 2.79. The van der Waals surface area contributed by atoms with Gasteiger partial charge in [-0.15, -0.1) is 0 Å². The molecule has 0 bridgehead atoms. The number of hydrogen-bond acceptors (Lipinski definition) is 3. The summed E-state index contributed by atoms with van der Waals surface area (Å²) in [6.45, 7) is 5.16. The summed E-state index contributed by atoms with van der Waals surface area (Å²) >= 11 is 5.56. The number of carbonyl (C=O) groups excluding carboxylic acids is 1. The minimum absolute atomic E-state index is 0.127. The van der Waals surface area contributed by atoms with Gasteiger partial charge < -0.3 is 15.2 Å². The van der Waals surface area contributed by atoms with Gasteiger partial charge in [0.1, 0.15) is 11.6 Å². The molecule has 0 spiro atoms. The van der Waals surface area contributed by atoms with Crippen LogP contribution in [-0.2, 0) is 9.53 Å². The van der Waals surface area contributed by atoms with Crippen molar-refractivity contribution in [3.63, 3.8) is 0 Å². The molecule has 7 heteroatoms. The van der Waals surface area contributed by atoms with E-state index in [1.54, 1.807) is 20.8 Å². The minimum atomic E-state index is -1.12. The number of carboxylic acids is 1. The summed E-state index contributed by atoms with van der Waals surface area (Å²) in [5, 5.41) is 11.7. The highest BCUT2D eigenvalue weighted by Gasteiger charge is 2.25. The summed E-state index contributed by atoms with van der Waals surface area (Å²) in [6, 6.07) is 8.50. The Balaban J connectivity index is 2.84. The number of hydrogen-bond donors (Lipinski definition) is 2. The van der Waals surface area contributed by atoms with Crippen molar-refractivity contribution in [1.29, 1.82) is 0 Å². The van der Waals surface area contributed by atoms with E-state index < -0.39 is 23.7 Å². The number of amides is 1. The third kappa shape index (κ3) is 7.34. The second-order valence-electron chi connectivity index (χ2n) is 5.83. The molecule has 2 N–H and O–H groups in total. The normalized spacial score (nSPS) is 13.8. The number of alkyl carbamates (subject to hydrolysis) is 1. The Hall–Kier alpha value is -1.09. The quantitative estimate of drug-likeness (QED) is 0.587. The maximum atomic E-state index is 11.8. The molecule has 5 nitrogen and oxygen atoms in total. The van der Waals surface area contributed by atoms with Gasteiger partial charge in [-0.25, -0.2) is 9.59 Å². The molecule has 0 saturated carbocycles. The predicted octanol–water partition coefficient (Wildman–Crippen LogP) is 4.55. The highest BCUT2D eigenvalue weighted by atomic mass is 127. The highest BCUT2D eigenvalue weighted by Crippen LogP contribution is 2.31. The average molecular weight is 496 g/mol. The zero-order valence-corrected chi connectivity index (χ0v) is 16.8. The summed E-state index contributed by atoms with van der Waals surface area (Å²) in [5.41, 5.74) is 0.292. The Kier molecular flexibility index (Phi) is 7.53. The van der Waals surface area contributed by atoms with Crippen molar-refractivity contribution in [2.24, 2.45) is 0 Å². The standard InChI is InChI=1S/C16H19BrINO4/c1-16(2,3)23-15(22)19-12(14(20)21)9-11(17)13(18)10-7-5-4-6-8-10/h4-8,12H,9H2,1-3H3,(H,19,22)(H,20,21)/b13-11-/t12-/m0/s1. The number of ether oxygens (including phenoxy) is 1. The minimum Gasteiger partial charge on any atom is -0.480 e. The maximum Gasteiger partial charge on any atom is 0.408 e. The van der Waals surface area contributed by atoms with E-state index in [2.05, 4.69) is 43.8 Å². The molecule has 23 heavy (non-hydrogen) atoms. The zero-order valence-electron chi connectivity index (χ0n) is 13.1. The van der Waals surface area contributed by atoms with Gasteiger partial charge in [0.15, 0.2) is 0 Å². The molecule has 0 aliphatic heterocycles. The molecule has 1 amide bonds. The van der Waals surface area contributed by atoms with E-state index in [0.29, 0.717) is 4.48 Å². The molecule has 0 unspecified atom stereocenters. The van der Waals surface area contributed by atoms with Gasteiger partial charge >= 0.3 is 12.1 Å². The number of nitrogens with one attached hydrogen (secondary N) is 1. The molecule has 1 aromatic rings. The number of carboxylic acid groups (broad SMARTS) is 1. The van der Waals surface area contributed by atoms with Gasteiger partial charge in [-0.1, -0.05) is 46.3 Å². The number of halogens is 2. The van der Waals surface area contributed by atoms with Crippen LogP contribution in [0, 0.1) is 0 Å². The third-order valence-corrected chi connectivity index (χ3v) is 5.37. The number of rotatable bonds is 5. The monoisotopic (exact) mass is 495 g/mol. The molecule has 0 fully saturated rings. The molecular formula is C16H19BrINO4. The SMILES string of the molecule is CC(C)(C)OC(=O)N[C@@H](C/C(Br)=C(/I)c1ccccc1)C(=O)O. The van der Waals surface area contributed by atoms with Crippen molar-refractivity contribution in [3.8, 4) is 0 Å². The third-order valence-electron chi connectivity index (χ3n) is 2.64. The molecule has 126 valence electrons. The number of aliphatic carboxylic acids is 1. The van der Waals surface area contributed by atoms with E-state index in [1.165, 1.54) is 0 Å². The summed E-state index contributed by atoms with van der Waals surface area (Å²) in [5.74, 6) is -1.12. The fourth-order valence-electron chi connectivity index (χ4n) is 1.66. The number of carbonyl (C=O) groups is 2. The lowest BCUT2D eigenvalue weighted by Gasteiger charge is -2.22. The van der Waals surface area contributed by atoms with Crippen molar-refractivity contribution in [1.82, 2.24) is 5.32 Å². The van der Waals surface area contributed by atoms with E-state index in [4.69, 9.17) is 4.74 Å². The van der Waals surface area contributed by atoms with Crippen LogP contribution in [-0.4, -0.2) is 28.8 Å². The summed E-state index contributed by atoms with van der Waals surface area (Å²) in [6.07, 6.45) is -0.623. The first-order chi connectivity index (χ1) is 10.6. The lowest BCUT2D eigenvalue weighted by molar-refractivity contribution is -0.139. The van der Waals surface area contributed by atoms with Crippen molar-refractivity contribution >= 4 is 54.2 Å². The van der Waals surface area contributed by atoms with Gasteiger partial charge in [0.25, 0.3) is 0 Å². The molecule has 0 aliphatic rings. The van der Waals surface area contributed by atoms with E-state index >= 15 is 0 Å². The van der Waals surface area contributed by atoms with Crippen LogP contribution in [0.2, 0.25) is 0 Å². The van der Waals surface area contributed by atoms with E-state index in [9.17, 15) is 14.7 Å². The second-order valence-corrected chi connectivity index (χ2v) is 7.86. The van der Waals surface area contributed by atoms with Crippen LogP contribution in [0.25, 0.3) is 3.58 Å². The molecule has 0 heterocycles. The topological polar surface area (TPSA) is 75.6 Å². The van der Waals surface area contributed by atoms with E-state index in [1.807, 2.05) is 30.3 Å². The van der Waals surface area contributed by atoms with E-state index in [-0.39, 0.29) is 6.42 Å². The van der Waals surface area contributed by atoms with Crippen LogP contribution in [0.4, 0.5) is 4.79 Å². The van der Waals surface area contributed by atoms with Gasteiger partial charge in [0, 0.05) is 14.5 Å². The van der Waals surface area contributed by atoms with Gasteiger partial charge in [-0.2, -0.15) is 0 Å². The van der Waals surface area contributed by atoms with Crippen molar-refractivity contribution in [2.75, 3.05) is 0 Å². The Morgan fingerprint density at radius 2 is 1.87 bits per heavy atom.